The van der Waals surface area contributed by atoms with E-state index in [-0.39, 0.29) is 0 Å². The molecule has 22 heavy (non-hydrogen) atoms. The Morgan fingerprint density at radius 1 is 1.18 bits per heavy atom. The molecule has 0 radical (unpaired) electrons. The summed E-state index contributed by atoms with van der Waals surface area (Å²) in [5.74, 6) is 1.72. The second kappa shape index (κ2) is 9.39. The highest BCUT2D eigenvalue weighted by atomic mass is 35.5. The van der Waals surface area contributed by atoms with Gasteiger partial charge in [0.25, 0.3) is 0 Å². The topological polar surface area (TPSA) is 61.3 Å². The van der Waals surface area contributed by atoms with Gasteiger partial charge in [-0.15, -0.1) is 0 Å². The molecule has 0 amide bonds. The summed E-state index contributed by atoms with van der Waals surface area (Å²) in [4.78, 5) is 0. The molecule has 0 aliphatic heterocycles. The number of aryl methyl sites for hydroxylation is 1. The fraction of sp³-hybridized carbons (Fsp3) is 0.667. The van der Waals surface area contributed by atoms with Crippen molar-refractivity contribution in [3.05, 3.63) is 27.8 Å². The largest absolute Gasteiger partial charge is 0.493 e. The number of hydrogen-bond donors (Lipinski definition) is 2. The zero-order chi connectivity index (χ0) is 16.7. The molecule has 0 aliphatic rings. The third-order valence-corrected chi connectivity index (χ3v) is 4.74. The Balaban J connectivity index is 3.27. The molecule has 4 heteroatoms. The lowest BCUT2D eigenvalue weighted by Gasteiger charge is -2.26. The first-order valence-electron chi connectivity index (χ1n) is 8.32. The van der Waals surface area contributed by atoms with Crippen LogP contribution in [-0.2, 0) is 0 Å². The molecule has 0 aliphatic carbocycles. The molecule has 0 spiro atoms. The minimum atomic E-state index is 0.336. The normalized spacial score (nSPS) is 12.7. The van der Waals surface area contributed by atoms with Crippen LogP contribution in [0, 0.1) is 19.8 Å². The highest BCUT2D eigenvalue weighted by Crippen LogP contribution is 2.41. The fourth-order valence-corrected chi connectivity index (χ4v) is 3.21. The first-order chi connectivity index (χ1) is 10.5. The van der Waals surface area contributed by atoms with Crippen LogP contribution in [0.1, 0.15) is 55.7 Å². The number of nitrogens with two attached hydrogens (primary N) is 2. The molecular weight excluding hydrogens is 296 g/mol. The zero-order valence-corrected chi connectivity index (χ0v) is 15.2. The Hall–Kier alpha value is -0.770. The summed E-state index contributed by atoms with van der Waals surface area (Å²) >= 11 is 6.43. The first kappa shape index (κ1) is 19.3. The molecule has 126 valence electrons. The molecule has 3 nitrogen and oxygen atoms in total. The lowest BCUT2D eigenvalue weighted by atomic mass is 9.83. The lowest BCUT2D eigenvalue weighted by Crippen LogP contribution is -2.25. The molecule has 1 rings (SSSR count). The maximum atomic E-state index is 6.43. The predicted molar refractivity (Wildman–Crippen MR) is 96.0 cm³/mol. The highest BCUT2D eigenvalue weighted by molar-refractivity contribution is 6.31. The summed E-state index contributed by atoms with van der Waals surface area (Å²) < 4.78 is 6.06. The van der Waals surface area contributed by atoms with Crippen molar-refractivity contribution in [2.45, 2.75) is 52.9 Å². The van der Waals surface area contributed by atoms with E-state index >= 15 is 0 Å². The average Bonchev–Trinajstić information content (AvgIpc) is 2.51. The zero-order valence-electron chi connectivity index (χ0n) is 14.4. The number of hydrogen-bond acceptors (Lipinski definition) is 3. The van der Waals surface area contributed by atoms with Gasteiger partial charge in [-0.3, -0.25) is 0 Å². The van der Waals surface area contributed by atoms with E-state index in [4.69, 9.17) is 27.8 Å². The molecule has 0 heterocycles. The van der Waals surface area contributed by atoms with E-state index in [0.29, 0.717) is 24.9 Å². The SMILES string of the molecule is CCCOc1c(C)cc(Cl)c(C)c1C(CC)CC(CN)CN. The van der Waals surface area contributed by atoms with Crippen molar-refractivity contribution < 1.29 is 4.74 Å². The second-order valence-corrected chi connectivity index (χ2v) is 6.48. The summed E-state index contributed by atoms with van der Waals surface area (Å²) in [5, 5.41) is 0.812. The summed E-state index contributed by atoms with van der Waals surface area (Å²) in [7, 11) is 0. The van der Waals surface area contributed by atoms with Crippen molar-refractivity contribution in [1.29, 1.82) is 0 Å². The van der Waals surface area contributed by atoms with Crippen LogP contribution in [0.3, 0.4) is 0 Å². The van der Waals surface area contributed by atoms with E-state index < -0.39 is 0 Å². The van der Waals surface area contributed by atoms with Crippen LogP contribution in [0.4, 0.5) is 0 Å². The average molecular weight is 327 g/mol. The minimum Gasteiger partial charge on any atom is -0.493 e. The van der Waals surface area contributed by atoms with Crippen LogP contribution in [0.15, 0.2) is 6.07 Å². The molecule has 0 bridgehead atoms. The Morgan fingerprint density at radius 2 is 1.82 bits per heavy atom. The molecular formula is C18H31ClN2O. The second-order valence-electron chi connectivity index (χ2n) is 6.07. The quantitative estimate of drug-likeness (QED) is 0.716. The number of ether oxygens (including phenoxy) is 1. The molecule has 1 atom stereocenters. The van der Waals surface area contributed by atoms with E-state index in [2.05, 4.69) is 27.7 Å². The Morgan fingerprint density at radius 3 is 2.32 bits per heavy atom. The summed E-state index contributed by atoms with van der Waals surface area (Å²) in [5.41, 5.74) is 15.2. The van der Waals surface area contributed by atoms with Gasteiger partial charge in [-0.2, -0.15) is 0 Å². The Labute approximate surface area is 140 Å². The molecule has 0 fully saturated rings. The number of rotatable bonds is 9. The monoisotopic (exact) mass is 326 g/mol. The van der Waals surface area contributed by atoms with Crippen molar-refractivity contribution in [3.8, 4) is 5.75 Å². The maximum Gasteiger partial charge on any atom is 0.126 e. The Bertz CT molecular complexity index is 473. The van der Waals surface area contributed by atoms with Gasteiger partial charge in [-0.1, -0.05) is 25.4 Å². The van der Waals surface area contributed by atoms with Gasteiger partial charge in [-0.25, -0.2) is 0 Å². The van der Waals surface area contributed by atoms with Gasteiger partial charge in [0.15, 0.2) is 0 Å². The molecule has 4 N–H and O–H groups in total. The summed E-state index contributed by atoms with van der Waals surface area (Å²) in [6.07, 6.45) is 3.00. The van der Waals surface area contributed by atoms with Crippen molar-refractivity contribution in [3.63, 3.8) is 0 Å². The first-order valence-corrected chi connectivity index (χ1v) is 8.70. The summed E-state index contributed by atoms with van der Waals surface area (Å²) in [6.45, 7) is 10.4. The molecule has 0 aromatic heterocycles. The van der Waals surface area contributed by atoms with Crippen LogP contribution in [0.25, 0.3) is 0 Å². The van der Waals surface area contributed by atoms with Crippen LogP contribution in [0.5, 0.6) is 5.75 Å². The third kappa shape index (κ3) is 4.61. The van der Waals surface area contributed by atoms with Gasteiger partial charge in [0.1, 0.15) is 5.75 Å². The molecule has 1 aromatic carbocycles. The molecule has 1 aromatic rings. The molecule has 0 saturated heterocycles. The minimum absolute atomic E-state index is 0.336. The van der Waals surface area contributed by atoms with Gasteiger partial charge < -0.3 is 16.2 Å². The highest BCUT2D eigenvalue weighted by Gasteiger charge is 2.23. The predicted octanol–water partition coefficient (Wildman–Crippen LogP) is 4.16. The number of halogens is 1. The van der Waals surface area contributed by atoms with Crippen LogP contribution >= 0.6 is 11.6 Å². The van der Waals surface area contributed by atoms with Gasteiger partial charge in [0.05, 0.1) is 6.61 Å². The summed E-state index contributed by atoms with van der Waals surface area (Å²) in [6, 6.07) is 2.00. The lowest BCUT2D eigenvalue weighted by molar-refractivity contribution is 0.306. The van der Waals surface area contributed by atoms with Gasteiger partial charge >= 0.3 is 0 Å². The number of benzene rings is 1. The van der Waals surface area contributed by atoms with E-state index in [1.54, 1.807) is 0 Å². The van der Waals surface area contributed by atoms with Crippen molar-refractivity contribution in [2.75, 3.05) is 19.7 Å². The van der Waals surface area contributed by atoms with Crippen molar-refractivity contribution >= 4 is 11.6 Å². The van der Waals surface area contributed by atoms with Crippen molar-refractivity contribution in [1.82, 2.24) is 0 Å². The van der Waals surface area contributed by atoms with E-state index in [1.165, 1.54) is 5.56 Å². The fourth-order valence-electron chi connectivity index (χ4n) is 2.94. The van der Waals surface area contributed by atoms with E-state index in [1.807, 2.05) is 6.07 Å². The van der Waals surface area contributed by atoms with E-state index in [0.717, 1.165) is 47.8 Å². The standard InChI is InChI=1S/C18H31ClN2O/c1-5-7-22-18-12(3)8-16(19)13(4)17(18)15(6-2)9-14(10-20)11-21/h8,14-15H,5-7,9-11,20-21H2,1-4H3. The smallest absolute Gasteiger partial charge is 0.126 e. The maximum absolute atomic E-state index is 6.43. The van der Waals surface area contributed by atoms with Crippen molar-refractivity contribution in [2.24, 2.45) is 17.4 Å². The van der Waals surface area contributed by atoms with Gasteiger partial charge in [0, 0.05) is 10.6 Å². The van der Waals surface area contributed by atoms with Crippen LogP contribution in [-0.4, -0.2) is 19.7 Å². The van der Waals surface area contributed by atoms with Gasteiger partial charge in [0.2, 0.25) is 0 Å². The van der Waals surface area contributed by atoms with Crippen LogP contribution < -0.4 is 16.2 Å². The van der Waals surface area contributed by atoms with Gasteiger partial charge in [-0.05, 0) is 75.2 Å². The molecule has 0 saturated carbocycles. The van der Waals surface area contributed by atoms with Crippen LogP contribution in [0.2, 0.25) is 5.02 Å². The Kier molecular flexibility index (Phi) is 8.23. The molecule has 1 unspecified atom stereocenters. The van der Waals surface area contributed by atoms with E-state index in [9.17, 15) is 0 Å². The third-order valence-electron chi connectivity index (χ3n) is 4.34.